The lowest BCUT2D eigenvalue weighted by molar-refractivity contribution is 0.0526. The van der Waals surface area contributed by atoms with Crippen molar-refractivity contribution in [1.29, 1.82) is 0 Å². The Bertz CT molecular complexity index is 828. The Kier molecular flexibility index (Phi) is 5.09. The molecule has 6 nitrogen and oxygen atoms in total. The van der Waals surface area contributed by atoms with Crippen LogP contribution in [0.1, 0.15) is 36.2 Å². The second kappa shape index (κ2) is 7.61. The van der Waals surface area contributed by atoms with E-state index in [0.717, 1.165) is 5.56 Å². The highest BCUT2D eigenvalue weighted by Gasteiger charge is 2.17. The fourth-order valence-corrected chi connectivity index (χ4v) is 2.23. The number of hydrogen-bond donors (Lipinski definition) is 0. The summed E-state index contributed by atoms with van der Waals surface area (Å²) in [6.45, 7) is 3.93. The molecule has 3 aromatic rings. The van der Waals surface area contributed by atoms with Gasteiger partial charge in [0.1, 0.15) is 5.75 Å². The maximum atomic E-state index is 11.6. The van der Waals surface area contributed by atoms with Crippen molar-refractivity contribution in [1.82, 2.24) is 10.2 Å². The molecule has 0 saturated carbocycles. The predicted octanol–water partition coefficient (Wildman–Crippen LogP) is 4.05. The number of aromatic nitrogens is 2. The van der Waals surface area contributed by atoms with E-state index in [4.69, 9.17) is 13.9 Å². The van der Waals surface area contributed by atoms with Crippen molar-refractivity contribution in [3.05, 3.63) is 66.1 Å². The summed E-state index contributed by atoms with van der Waals surface area (Å²) in [6.07, 6.45) is -0.418. The number of carbonyl (C=O) groups is 1. The molecule has 0 aliphatic rings. The van der Waals surface area contributed by atoms with Crippen LogP contribution in [0.5, 0.6) is 5.75 Å². The molecule has 0 aliphatic heterocycles. The summed E-state index contributed by atoms with van der Waals surface area (Å²) in [5, 5.41) is 8.09. The van der Waals surface area contributed by atoms with Gasteiger partial charge in [-0.3, -0.25) is 0 Å². The van der Waals surface area contributed by atoms with Crippen LogP contribution in [0.3, 0.4) is 0 Å². The van der Waals surface area contributed by atoms with Gasteiger partial charge in [0.2, 0.25) is 5.89 Å². The average Bonchev–Trinajstić information content (AvgIpc) is 3.13. The van der Waals surface area contributed by atoms with Gasteiger partial charge >= 0.3 is 5.97 Å². The van der Waals surface area contributed by atoms with Crippen LogP contribution in [-0.2, 0) is 4.74 Å². The van der Waals surface area contributed by atoms with Crippen molar-refractivity contribution in [2.75, 3.05) is 6.61 Å². The van der Waals surface area contributed by atoms with Crippen LogP contribution in [0.4, 0.5) is 0 Å². The van der Waals surface area contributed by atoms with Crippen molar-refractivity contribution >= 4 is 5.97 Å². The van der Waals surface area contributed by atoms with Crippen molar-refractivity contribution in [3.8, 4) is 17.2 Å². The molecule has 0 unspecified atom stereocenters. The Hall–Kier alpha value is -3.15. The van der Waals surface area contributed by atoms with Gasteiger partial charge < -0.3 is 13.9 Å². The molecule has 1 atom stereocenters. The highest BCUT2D eigenvalue weighted by atomic mass is 16.5. The number of rotatable bonds is 6. The SMILES string of the molecule is CCOC(=O)c1ccc(O[C@@H](C)c2nnc(-c3ccccc3)o2)cc1. The average molecular weight is 338 g/mol. The maximum Gasteiger partial charge on any atom is 0.338 e. The van der Waals surface area contributed by atoms with E-state index >= 15 is 0 Å². The van der Waals surface area contributed by atoms with Crippen LogP contribution in [-0.4, -0.2) is 22.8 Å². The Morgan fingerprint density at radius 2 is 1.80 bits per heavy atom. The molecule has 0 saturated heterocycles. The second-order valence-corrected chi connectivity index (χ2v) is 5.32. The number of carbonyl (C=O) groups excluding carboxylic acids is 1. The molecule has 0 fully saturated rings. The summed E-state index contributed by atoms with van der Waals surface area (Å²) >= 11 is 0. The van der Waals surface area contributed by atoms with E-state index in [0.29, 0.717) is 29.7 Å². The van der Waals surface area contributed by atoms with E-state index in [9.17, 15) is 4.79 Å². The van der Waals surface area contributed by atoms with Crippen molar-refractivity contribution < 1.29 is 18.7 Å². The summed E-state index contributed by atoms with van der Waals surface area (Å²) < 4.78 is 16.4. The van der Waals surface area contributed by atoms with Gasteiger partial charge in [0.15, 0.2) is 6.10 Å². The number of hydrogen-bond acceptors (Lipinski definition) is 6. The summed E-state index contributed by atoms with van der Waals surface area (Å²) in [6, 6.07) is 16.3. The molecule has 1 aromatic heterocycles. The molecule has 0 N–H and O–H groups in total. The highest BCUT2D eigenvalue weighted by Crippen LogP contribution is 2.24. The number of nitrogens with zero attached hydrogens (tertiary/aromatic N) is 2. The quantitative estimate of drug-likeness (QED) is 0.631. The lowest BCUT2D eigenvalue weighted by Crippen LogP contribution is -2.06. The lowest BCUT2D eigenvalue weighted by Gasteiger charge is -2.11. The maximum absolute atomic E-state index is 11.6. The number of ether oxygens (including phenoxy) is 2. The summed E-state index contributed by atoms with van der Waals surface area (Å²) in [5.41, 5.74) is 1.33. The molecular formula is C19H18N2O4. The molecule has 3 rings (SSSR count). The largest absolute Gasteiger partial charge is 0.481 e. The fourth-order valence-electron chi connectivity index (χ4n) is 2.23. The third-order valence-corrected chi connectivity index (χ3v) is 3.49. The van der Waals surface area contributed by atoms with Gasteiger partial charge in [-0.1, -0.05) is 18.2 Å². The van der Waals surface area contributed by atoms with Gasteiger partial charge in [0.05, 0.1) is 12.2 Å². The van der Waals surface area contributed by atoms with Crippen LogP contribution >= 0.6 is 0 Å². The Morgan fingerprint density at radius 1 is 1.08 bits per heavy atom. The fraction of sp³-hybridized carbons (Fsp3) is 0.211. The van der Waals surface area contributed by atoms with Crippen LogP contribution in [0.25, 0.3) is 11.5 Å². The minimum atomic E-state index is -0.418. The lowest BCUT2D eigenvalue weighted by atomic mass is 10.2. The Balaban J connectivity index is 1.67. The van der Waals surface area contributed by atoms with Crippen LogP contribution < -0.4 is 4.74 Å². The molecule has 1 heterocycles. The zero-order chi connectivity index (χ0) is 17.6. The van der Waals surface area contributed by atoms with Crippen LogP contribution in [0, 0.1) is 0 Å². The minimum absolute atomic E-state index is 0.342. The van der Waals surface area contributed by atoms with E-state index in [1.54, 1.807) is 31.2 Å². The third-order valence-electron chi connectivity index (χ3n) is 3.49. The van der Waals surface area contributed by atoms with Gasteiger partial charge in [-0.2, -0.15) is 0 Å². The smallest absolute Gasteiger partial charge is 0.338 e. The first-order valence-corrected chi connectivity index (χ1v) is 8.00. The summed E-state index contributed by atoms with van der Waals surface area (Å²) in [7, 11) is 0. The summed E-state index contributed by atoms with van der Waals surface area (Å²) in [5.74, 6) is 1.07. The van der Waals surface area contributed by atoms with Crippen molar-refractivity contribution in [3.63, 3.8) is 0 Å². The van der Waals surface area contributed by atoms with Crippen LogP contribution in [0.2, 0.25) is 0 Å². The van der Waals surface area contributed by atoms with E-state index in [1.807, 2.05) is 37.3 Å². The molecule has 128 valence electrons. The molecule has 25 heavy (non-hydrogen) atoms. The van der Waals surface area contributed by atoms with Gasteiger partial charge in [-0.15, -0.1) is 10.2 Å². The number of esters is 1. The molecule has 6 heteroatoms. The van der Waals surface area contributed by atoms with Crippen molar-refractivity contribution in [2.45, 2.75) is 20.0 Å². The molecule has 0 aliphatic carbocycles. The molecular weight excluding hydrogens is 320 g/mol. The highest BCUT2D eigenvalue weighted by molar-refractivity contribution is 5.89. The second-order valence-electron chi connectivity index (χ2n) is 5.32. The summed E-state index contributed by atoms with van der Waals surface area (Å²) in [4.78, 5) is 11.6. The normalized spacial score (nSPS) is 11.8. The van der Waals surface area contributed by atoms with Gasteiger partial charge in [-0.25, -0.2) is 4.79 Å². The van der Waals surface area contributed by atoms with E-state index < -0.39 is 6.10 Å². The minimum Gasteiger partial charge on any atom is -0.481 e. The number of benzene rings is 2. The van der Waals surface area contributed by atoms with E-state index in [-0.39, 0.29) is 5.97 Å². The first kappa shape index (κ1) is 16.7. The predicted molar refractivity (Wildman–Crippen MR) is 91.2 cm³/mol. The third kappa shape index (κ3) is 4.03. The molecule has 0 spiro atoms. The van der Waals surface area contributed by atoms with E-state index in [1.165, 1.54) is 0 Å². The van der Waals surface area contributed by atoms with Gasteiger partial charge in [-0.05, 0) is 50.2 Å². The van der Waals surface area contributed by atoms with Crippen molar-refractivity contribution in [2.24, 2.45) is 0 Å². The molecule has 0 amide bonds. The standard InChI is InChI=1S/C19H18N2O4/c1-3-23-19(22)15-9-11-16(12-10-15)24-13(2)17-20-21-18(25-17)14-7-5-4-6-8-14/h4-13H,3H2,1-2H3/t13-/m0/s1. The monoisotopic (exact) mass is 338 g/mol. The zero-order valence-electron chi connectivity index (χ0n) is 14.0. The first-order chi connectivity index (χ1) is 12.2. The van der Waals surface area contributed by atoms with E-state index in [2.05, 4.69) is 10.2 Å². The molecule has 0 bridgehead atoms. The molecule has 0 radical (unpaired) electrons. The Labute approximate surface area is 145 Å². The van der Waals surface area contributed by atoms with Gasteiger partial charge in [0, 0.05) is 5.56 Å². The zero-order valence-corrected chi connectivity index (χ0v) is 14.0. The van der Waals surface area contributed by atoms with Crippen LogP contribution in [0.15, 0.2) is 59.0 Å². The topological polar surface area (TPSA) is 74.5 Å². The molecule has 2 aromatic carbocycles. The van der Waals surface area contributed by atoms with Gasteiger partial charge in [0.25, 0.3) is 5.89 Å². The first-order valence-electron chi connectivity index (χ1n) is 8.00. The Morgan fingerprint density at radius 3 is 2.48 bits per heavy atom.